The summed E-state index contributed by atoms with van der Waals surface area (Å²) in [6.45, 7) is 1.71. The van der Waals surface area contributed by atoms with E-state index < -0.39 is 11.0 Å². The molecule has 0 amide bonds. The Kier molecular flexibility index (Phi) is 5.74. The Labute approximate surface area is 66.4 Å². The highest BCUT2D eigenvalue weighted by molar-refractivity contribution is 4.53. The fourth-order valence-electron chi connectivity index (χ4n) is 0.893. The van der Waals surface area contributed by atoms with Crippen molar-refractivity contribution in [1.82, 2.24) is 0 Å². The number of nitro groups is 1. The van der Waals surface area contributed by atoms with Crippen molar-refractivity contribution in [3.05, 3.63) is 10.1 Å². The van der Waals surface area contributed by atoms with Crippen molar-refractivity contribution in [3.8, 4) is 0 Å². The molecule has 0 saturated heterocycles. The zero-order valence-electron chi connectivity index (χ0n) is 6.82. The predicted molar refractivity (Wildman–Crippen MR) is 42.0 cm³/mol. The van der Waals surface area contributed by atoms with Crippen LogP contribution in [0.2, 0.25) is 0 Å². The second kappa shape index (κ2) is 6.09. The second-order valence-electron chi connectivity index (χ2n) is 2.62. The number of nitrogens with zero attached hydrogens (tertiary/aromatic N) is 1. The van der Waals surface area contributed by atoms with E-state index in [2.05, 4.69) is 0 Å². The van der Waals surface area contributed by atoms with Gasteiger partial charge in [0, 0.05) is 11.3 Å². The van der Waals surface area contributed by atoms with Crippen LogP contribution in [0.4, 0.5) is 0 Å². The van der Waals surface area contributed by atoms with E-state index in [1.807, 2.05) is 6.92 Å². The normalized spacial score (nSPS) is 12.9. The zero-order chi connectivity index (χ0) is 8.69. The molecule has 1 atom stereocenters. The molecule has 0 rings (SSSR count). The average Bonchev–Trinajstić information content (AvgIpc) is 1.97. The molecule has 0 aliphatic rings. The maximum Gasteiger partial charge on any atom is 0.235 e. The minimum atomic E-state index is -0.749. The van der Waals surface area contributed by atoms with Crippen LogP contribution in [-0.4, -0.2) is 22.7 Å². The van der Waals surface area contributed by atoms with Crippen molar-refractivity contribution in [2.75, 3.05) is 6.61 Å². The molecule has 4 nitrogen and oxygen atoms in total. The highest BCUT2D eigenvalue weighted by Crippen LogP contribution is 2.04. The largest absolute Gasteiger partial charge is 0.389 e. The summed E-state index contributed by atoms with van der Waals surface area (Å²) in [6.07, 6.45) is 3.39. The zero-order valence-corrected chi connectivity index (χ0v) is 6.82. The molecule has 0 fully saturated rings. The summed E-state index contributed by atoms with van der Waals surface area (Å²) < 4.78 is 0. The van der Waals surface area contributed by atoms with Crippen LogP contribution in [-0.2, 0) is 0 Å². The third-order valence-electron chi connectivity index (χ3n) is 1.65. The SMILES string of the molecule is CCCCCC(CO)[N+](=O)[O-]. The van der Waals surface area contributed by atoms with E-state index in [1.54, 1.807) is 0 Å². The Morgan fingerprint density at radius 3 is 2.55 bits per heavy atom. The van der Waals surface area contributed by atoms with Crippen LogP contribution >= 0.6 is 0 Å². The van der Waals surface area contributed by atoms with Gasteiger partial charge in [-0.15, -0.1) is 0 Å². The Balaban J connectivity index is 3.44. The van der Waals surface area contributed by atoms with Crippen molar-refractivity contribution in [2.45, 2.75) is 38.6 Å². The Hall–Kier alpha value is -0.640. The highest BCUT2D eigenvalue weighted by atomic mass is 16.6. The number of hydrogen-bond donors (Lipinski definition) is 1. The third kappa shape index (κ3) is 4.72. The summed E-state index contributed by atoms with van der Waals surface area (Å²) in [6, 6.07) is -0.749. The van der Waals surface area contributed by atoms with Crippen LogP contribution in [0.3, 0.4) is 0 Å². The Bertz CT molecular complexity index is 116. The molecule has 0 bridgehead atoms. The fraction of sp³-hybridized carbons (Fsp3) is 1.00. The van der Waals surface area contributed by atoms with Gasteiger partial charge in [-0.25, -0.2) is 0 Å². The molecule has 0 aliphatic carbocycles. The van der Waals surface area contributed by atoms with Gasteiger partial charge >= 0.3 is 0 Å². The fourth-order valence-corrected chi connectivity index (χ4v) is 0.893. The first-order valence-corrected chi connectivity index (χ1v) is 3.96. The lowest BCUT2D eigenvalue weighted by atomic mass is 10.1. The molecule has 0 aromatic heterocycles. The topological polar surface area (TPSA) is 63.4 Å². The molecule has 0 aromatic rings. The van der Waals surface area contributed by atoms with Gasteiger partial charge in [-0.3, -0.25) is 10.1 Å². The minimum Gasteiger partial charge on any atom is -0.389 e. The standard InChI is InChI=1S/C7H15NO3/c1-2-3-4-5-7(6-9)8(10)11/h7,9H,2-6H2,1H3. The molecule has 11 heavy (non-hydrogen) atoms. The number of rotatable bonds is 6. The molecule has 1 N–H and O–H groups in total. The molecule has 0 aliphatic heterocycles. The van der Waals surface area contributed by atoms with Crippen LogP contribution in [0.25, 0.3) is 0 Å². The lowest BCUT2D eigenvalue weighted by molar-refractivity contribution is -0.526. The van der Waals surface area contributed by atoms with Gasteiger partial charge in [0.15, 0.2) is 0 Å². The predicted octanol–water partition coefficient (Wildman–Crippen LogP) is 1.20. The van der Waals surface area contributed by atoms with Gasteiger partial charge in [-0.2, -0.15) is 0 Å². The molecular formula is C7H15NO3. The quantitative estimate of drug-likeness (QED) is 0.361. The lowest BCUT2D eigenvalue weighted by Crippen LogP contribution is -2.23. The first-order chi connectivity index (χ1) is 5.22. The van der Waals surface area contributed by atoms with Gasteiger partial charge in [0.2, 0.25) is 6.04 Å². The van der Waals surface area contributed by atoms with Crippen LogP contribution in [0.15, 0.2) is 0 Å². The number of hydrogen-bond acceptors (Lipinski definition) is 3. The van der Waals surface area contributed by atoms with Gasteiger partial charge in [-0.05, 0) is 6.42 Å². The maximum atomic E-state index is 10.2. The first kappa shape index (κ1) is 10.4. The molecule has 0 radical (unpaired) electrons. The van der Waals surface area contributed by atoms with Crippen LogP contribution in [0, 0.1) is 10.1 Å². The van der Waals surface area contributed by atoms with Crippen molar-refractivity contribution in [2.24, 2.45) is 0 Å². The van der Waals surface area contributed by atoms with E-state index in [9.17, 15) is 10.1 Å². The van der Waals surface area contributed by atoms with Crippen LogP contribution < -0.4 is 0 Å². The van der Waals surface area contributed by atoms with E-state index in [0.29, 0.717) is 6.42 Å². The van der Waals surface area contributed by atoms with E-state index in [-0.39, 0.29) is 6.61 Å². The Morgan fingerprint density at radius 1 is 1.55 bits per heavy atom. The first-order valence-electron chi connectivity index (χ1n) is 3.96. The van der Waals surface area contributed by atoms with E-state index >= 15 is 0 Å². The number of unbranched alkanes of at least 4 members (excludes halogenated alkanes) is 2. The lowest BCUT2D eigenvalue weighted by Gasteiger charge is -2.04. The molecule has 1 unspecified atom stereocenters. The summed E-state index contributed by atoms with van der Waals surface area (Å²) in [4.78, 5) is 9.76. The summed E-state index contributed by atoms with van der Waals surface area (Å²) in [5.41, 5.74) is 0. The molecule has 0 spiro atoms. The average molecular weight is 161 g/mol. The summed E-state index contributed by atoms with van der Waals surface area (Å²) in [5, 5.41) is 18.7. The second-order valence-corrected chi connectivity index (χ2v) is 2.62. The van der Waals surface area contributed by atoms with Gasteiger partial charge in [-0.1, -0.05) is 19.8 Å². The van der Waals surface area contributed by atoms with E-state index in [4.69, 9.17) is 5.11 Å². The molecule has 0 aromatic carbocycles. The minimum absolute atomic E-state index is 0.337. The van der Waals surface area contributed by atoms with Crippen molar-refractivity contribution >= 4 is 0 Å². The number of aliphatic hydroxyl groups is 1. The molecule has 66 valence electrons. The Morgan fingerprint density at radius 2 is 2.18 bits per heavy atom. The van der Waals surface area contributed by atoms with Crippen molar-refractivity contribution in [3.63, 3.8) is 0 Å². The number of aliphatic hydroxyl groups excluding tert-OH is 1. The third-order valence-corrected chi connectivity index (χ3v) is 1.65. The van der Waals surface area contributed by atoms with Crippen molar-refractivity contribution < 1.29 is 10.0 Å². The smallest absolute Gasteiger partial charge is 0.235 e. The van der Waals surface area contributed by atoms with Gasteiger partial charge in [0.05, 0.1) is 0 Å². The van der Waals surface area contributed by atoms with Crippen LogP contribution in [0.5, 0.6) is 0 Å². The molecule has 0 saturated carbocycles. The van der Waals surface area contributed by atoms with Gasteiger partial charge in [0.25, 0.3) is 0 Å². The molecule has 0 heterocycles. The van der Waals surface area contributed by atoms with Gasteiger partial charge in [0.1, 0.15) is 6.61 Å². The molecular weight excluding hydrogens is 146 g/mol. The van der Waals surface area contributed by atoms with Gasteiger partial charge < -0.3 is 5.11 Å². The highest BCUT2D eigenvalue weighted by Gasteiger charge is 2.16. The van der Waals surface area contributed by atoms with Crippen LogP contribution in [0.1, 0.15) is 32.6 Å². The summed E-state index contributed by atoms with van der Waals surface area (Å²) >= 11 is 0. The molecule has 4 heteroatoms. The summed E-state index contributed by atoms with van der Waals surface area (Å²) in [7, 11) is 0. The van der Waals surface area contributed by atoms with E-state index in [0.717, 1.165) is 19.3 Å². The summed E-state index contributed by atoms with van der Waals surface area (Å²) in [5.74, 6) is 0. The maximum absolute atomic E-state index is 10.2. The monoisotopic (exact) mass is 161 g/mol. The van der Waals surface area contributed by atoms with E-state index in [1.165, 1.54) is 0 Å². The van der Waals surface area contributed by atoms with Crippen molar-refractivity contribution in [1.29, 1.82) is 0 Å².